The van der Waals surface area contributed by atoms with Crippen molar-refractivity contribution in [1.29, 1.82) is 0 Å². The van der Waals surface area contributed by atoms with Gasteiger partial charge in [-0.3, -0.25) is 9.59 Å². The number of anilines is 1. The van der Waals surface area contributed by atoms with Gasteiger partial charge in [0.1, 0.15) is 5.69 Å². The third-order valence-electron chi connectivity index (χ3n) is 4.27. The van der Waals surface area contributed by atoms with Crippen LogP contribution < -0.4 is 10.9 Å². The second kappa shape index (κ2) is 6.70. The second-order valence-corrected chi connectivity index (χ2v) is 5.76. The van der Waals surface area contributed by atoms with Crippen molar-refractivity contribution < 1.29 is 14.3 Å². The zero-order valence-electron chi connectivity index (χ0n) is 13.3. The molecule has 0 saturated carbocycles. The van der Waals surface area contributed by atoms with Crippen LogP contribution in [0.2, 0.25) is 0 Å². The van der Waals surface area contributed by atoms with Crippen LogP contribution in [0.5, 0.6) is 0 Å². The number of amides is 1. The first-order valence-electron chi connectivity index (χ1n) is 7.80. The Balaban J connectivity index is 1.86. The van der Waals surface area contributed by atoms with Crippen molar-refractivity contribution in [2.75, 3.05) is 12.4 Å². The van der Waals surface area contributed by atoms with E-state index in [0.717, 1.165) is 24.8 Å². The number of pyridine rings is 1. The Morgan fingerprint density at radius 2 is 2.08 bits per heavy atom. The highest BCUT2D eigenvalue weighted by Gasteiger charge is 2.26. The molecule has 124 valence electrons. The highest BCUT2D eigenvalue weighted by molar-refractivity contribution is 5.97. The lowest BCUT2D eigenvalue weighted by atomic mass is 9.82. The fraction of sp³-hybridized carbons (Fsp3) is 0.278. The number of aryl methyl sites for hydroxylation is 1. The molecular formula is C18H18N2O4. The van der Waals surface area contributed by atoms with Gasteiger partial charge in [-0.2, -0.15) is 0 Å². The van der Waals surface area contributed by atoms with Gasteiger partial charge in [0.05, 0.1) is 18.6 Å². The van der Waals surface area contributed by atoms with Gasteiger partial charge in [-0.25, -0.2) is 4.79 Å². The van der Waals surface area contributed by atoms with Crippen LogP contribution in [0.1, 0.15) is 40.2 Å². The average molecular weight is 326 g/mol. The molecule has 0 unspecified atom stereocenters. The number of hydrogen-bond donors (Lipinski definition) is 2. The maximum atomic E-state index is 12.7. The first kappa shape index (κ1) is 16.0. The van der Waals surface area contributed by atoms with E-state index in [9.17, 15) is 14.4 Å². The normalized spacial score (nSPS) is 16.1. The number of carbonyl (C=O) groups is 2. The van der Waals surface area contributed by atoms with E-state index in [2.05, 4.69) is 15.0 Å². The molecule has 0 spiro atoms. The molecule has 0 fully saturated rings. The first-order chi connectivity index (χ1) is 11.6. The summed E-state index contributed by atoms with van der Waals surface area (Å²) in [5.74, 6) is -1.12. The van der Waals surface area contributed by atoms with E-state index in [1.807, 2.05) is 24.3 Å². The molecule has 1 aromatic carbocycles. The lowest BCUT2D eigenvalue weighted by Crippen LogP contribution is -2.27. The van der Waals surface area contributed by atoms with Gasteiger partial charge in [0.15, 0.2) is 0 Å². The topological polar surface area (TPSA) is 88.3 Å². The van der Waals surface area contributed by atoms with E-state index >= 15 is 0 Å². The van der Waals surface area contributed by atoms with Crippen molar-refractivity contribution in [2.24, 2.45) is 0 Å². The highest BCUT2D eigenvalue weighted by Crippen LogP contribution is 2.32. The smallest absolute Gasteiger partial charge is 0.339 e. The fourth-order valence-electron chi connectivity index (χ4n) is 3.06. The summed E-state index contributed by atoms with van der Waals surface area (Å²) in [6.45, 7) is 0. The van der Waals surface area contributed by atoms with Gasteiger partial charge in [-0.05, 0) is 36.5 Å². The van der Waals surface area contributed by atoms with E-state index in [1.165, 1.54) is 24.9 Å². The molecular weight excluding hydrogens is 308 g/mol. The number of benzene rings is 1. The van der Waals surface area contributed by atoms with Gasteiger partial charge in [0.2, 0.25) is 5.91 Å². The van der Waals surface area contributed by atoms with Crippen LogP contribution in [0, 0.1) is 0 Å². The second-order valence-electron chi connectivity index (χ2n) is 5.76. The summed E-state index contributed by atoms with van der Waals surface area (Å²) in [6, 6.07) is 9.18. The van der Waals surface area contributed by atoms with Crippen LogP contribution in [0.4, 0.5) is 5.69 Å². The summed E-state index contributed by atoms with van der Waals surface area (Å²) in [4.78, 5) is 38.6. The van der Waals surface area contributed by atoms with Crippen LogP contribution in [-0.4, -0.2) is 24.0 Å². The van der Waals surface area contributed by atoms with Gasteiger partial charge in [0, 0.05) is 6.20 Å². The van der Waals surface area contributed by atoms with Crippen molar-refractivity contribution in [1.82, 2.24) is 4.98 Å². The number of fused-ring (bicyclic) bond motifs is 1. The fourth-order valence-corrected chi connectivity index (χ4v) is 3.06. The third kappa shape index (κ3) is 3.08. The summed E-state index contributed by atoms with van der Waals surface area (Å²) >= 11 is 0. The zero-order chi connectivity index (χ0) is 17.1. The number of hydrogen-bond acceptors (Lipinski definition) is 4. The minimum Gasteiger partial charge on any atom is -0.465 e. The molecule has 1 aliphatic rings. The maximum absolute atomic E-state index is 12.7. The van der Waals surface area contributed by atoms with Crippen LogP contribution in [0.3, 0.4) is 0 Å². The molecule has 6 nitrogen and oxygen atoms in total. The molecule has 1 heterocycles. The van der Waals surface area contributed by atoms with Gasteiger partial charge >= 0.3 is 5.97 Å². The summed E-state index contributed by atoms with van der Waals surface area (Å²) in [5.41, 5.74) is 1.94. The van der Waals surface area contributed by atoms with Crippen LogP contribution >= 0.6 is 0 Å². The van der Waals surface area contributed by atoms with Crippen molar-refractivity contribution in [3.8, 4) is 0 Å². The average Bonchev–Trinajstić information content (AvgIpc) is 2.62. The Morgan fingerprint density at radius 3 is 2.88 bits per heavy atom. The molecule has 0 saturated heterocycles. The largest absolute Gasteiger partial charge is 0.465 e. The highest BCUT2D eigenvalue weighted by atomic mass is 16.5. The minimum atomic E-state index is -0.579. The van der Waals surface area contributed by atoms with E-state index in [4.69, 9.17) is 0 Å². The Kier molecular flexibility index (Phi) is 4.46. The Morgan fingerprint density at radius 1 is 1.29 bits per heavy atom. The zero-order valence-corrected chi connectivity index (χ0v) is 13.3. The van der Waals surface area contributed by atoms with Crippen molar-refractivity contribution in [2.45, 2.75) is 25.2 Å². The van der Waals surface area contributed by atoms with E-state index in [0.29, 0.717) is 0 Å². The van der Waals surface area contributed by atoms with Gasteiger partial charge in [-0.1, -0.05) is 24.3 Å². The summed E-state index contributed by atoms with van der Waals surface area (Å²) < 4.78 is 4.63. The molecule has 1 atom stereocenters. The molecule has 0 bridgehead atoms. The van der Waals surface area contributed by atoms with Gasteiger partial charge in [0.25, 0.3) is 5.56 Å². The van der Waals surface area contributed by atoms with Crippen molar-refractivity contribution in [3.05, 3.63) is 63.6 Å². The number of esters is 1. The van der Waals surface area contributed by atoms with Gasteiger partial charge in [-0.15, -0.1) is 0 Å². The quantitative estimate of drug-likeness (QED) is 0.847. The van der Waals surface area contributed by atoms with Crippen molar-refractivity contribution in [3.63, 3.8) is 0 Å². The lowest BCUT2D eigenvalue weighted by molar-refractivity contribution is -0.117. The molecule has 24 heavy (non-hydrogen) atoms. The molecule has 6 heteroatoms. The maximum Gasteiger partial charge on any atom is 0.339 e. The summed E-state index contributed by atoms with van der Waals surface area (Å²) in [6.07, 6.45) is 3.88. The SMILES string of the molecule is COC(=O)c1c[nH]c(=O)c(NC(=O)[C@@H]2CCCc3ccccc32)c1. The molecule has 1 aromatic heterocycles. The molecule has 1 aliphatic carbocycles. The van der Waals surface area contributed by atoms with Crippen LogP contribution in [-0.2, 0) is 16.0 Å². The summed E-state index contributed by atoms with van der Waals surface area (Å²) in [7, 11) is 1.25. The standard InChI is InChI=1S/C18H18N2O4/c1-24-18(23)12-9-15(17(22)19-10-12)20-16(21)14-8-4-6-11-5-2-3-7-13(11)14/h2-3,5,7,9-10,14H,4,6,8H2,1H3,(H,19,22)(H,20,21)/t14-/m1/s1. The number of aromatic nitrogens is 1. The molecule has 2 aromatic rings. The van der Waals surface area contributed by atoms with Crippen molar-refractivity contribution >= 4 is 17.6 Å². The number of ether oxygens (including phenoxy) is 1. The van der Waals surface area contributed by atoms with Crippen LogP contribution in [0.15, 0.2) is 41.3 Å². The number of rotatable bonds is 3. The Hall–Kier alpha value is -2.89. The predicted octanol–water partition coefficient (Wildman–Crippen LogP) is 2.22. The number of methoxy groups -OCH3 is 1. The van der Waals surface area contributed by atoms with Crippen LogP contribution in [0.25, 0.3) is 0 Å². The lowest BCUT2D eigenvalue weighted by Gasteiger charge is -2.24. The number of H-pyrrole nitrogens is 1. The molecule has 2 N–H and O–H groups in total. The molecule has 0 aliphatic heterocycles. The Labute approximate surface area is 138 Å². The van der Waals surface area contributed by atoms with Gasteiger partial charge < -0.3 is 15.0 Å². The molecule has 3 rings (SSSR count). The Bertz CT molecular complexity index is 841. The number of carbonyl (C=O) groups excluding carboxylic acids is 2. The molecule has 1 amide bonds. The first-order valence-corrected chi connectivity index (χ1v) is 7.80. The van der Waals surface area contributed by atoms with E-state index in [1.54, 1.807) is 0 Å². The number of aromatic amines is 1. The van der Waals surface area contributed by atoms with E-state index in [-0.39, 0.29) is 23.1 Å². The van der Waals surface area contributed by atoms with E-state index < -0.39 is 11.5 Å². The minimum absolute atomic E-state index is 0.0472. The monoisotopic (exact) mass is 326 g/mol. The molecule has 0 radical (unpaired) electrons. The predicted molar refractivity (Wildman–Crippen MR) is 89.2 cm³/mol. The summed E-state index contributed by atoms with van der Waals surface area (Å²) in [5, 5.41) is 2.65. The third-order valence-corrected chi connectivity index (χ3v) is 4.27. The number of nitrogens with one attached hydrogen (secondary N) is 2.